The van der Waals surface area contributed by atoms with E-state index in [-0.39, 0.29) is 0 Å². The maximum atomic E-state index is 5.56. The first-order valence-corrected chi connectivity index (χ1v) is 7.43. The molecule has 1 fully saturated rings. The van der Waals surface area contributed by atoms with Gasteiger partial charge in [0.25, 0.3) is 0 Å². The summed E-state index contributed by atoms with van der Waals surface area (Å²) in [6, 6.07) is 10.5. The molecule has 0 aromatic heterocycles. The monoisotopic (exact) mass is 260 g/mol. The van der Waals surface area contributed by atoms with Crippen LogP contribution < -0.4 is 10.2 Å². The predicted octanol–water partition coefficient (Wildman–Crippen LogP) is 2.20. The van der Waals surface area contributed by atoms with Gasteiger partial charge >= 0.3 is 0 Å². The second-order valence-electron chi connectivity index (χ2n) is 5.90. The summed E-state index contributed by atoms with van der Waals surface area (Å²) < 4.78 is 5.56. The topological polar surface area (TPSA) is 24.5 Å². The molecule has 3 atom stereocenters. The molecule has 0 bridgehead atoms. The van der Waals surface area contributed by atoms with Gasteiger partial charge in [-0.15, -0.1) is 0 Å². The number of benzene rings is 1. The lowest BCUT2D eigenvalue weighted by Crippen LogP contribution is -2.47. The van der Waals surface area contributed by atoms with Gasteiger partial charge in [-0.25, -0.2) is 0 Å². The third kappa shape index (κ3) is 2.63. The third-order valence-electron chi connectivity index (χ3n) is 4.36. The molecule has 2 aliphatic rings. The molecule has 1 saturated heterocycles. The minimum absolute atomic E-state index is 0.503. The van der Waals surface area contributed by atoms with Crippen LogP contribution in [0.4, 0.5) is 5.69 Å². The molecular weight excluding hydrogens is 236 g/mol. The van der Waals surface area contributed by atoms with E-state index >= 15 is 0 Å². The van der Waals surface area contributed by atoms with Crippen LogP contribution in [0.2, 0.25) is 0 Å². The highest BCUT2D eigenvalue weighted by molar-refractivity contribution is 5.59. The van der Waals surface area contributed by atoms with Crippen LogP contribution in [0.3, 0.4) is 0 Å². The first-order valence-electron chi connectivity index (χ1n) is 7.43. The molecule has 2 aliphatic heterocycles. The van der Waals surface area contributed by atoms with E-state index in [2.05, 4.69) is 48.3 Å². The normalized spacial score (nSPS) is 28.2. The summed E-state index contributed by atoms with van der Waals surface area (Å²) >= 11 is 0. The largest absolute Gasteiger partial charge is 0.379 e. The van der Waals surface area contributed by atoms with Crippen LogP contribution in [-0.4, -0.2) is 37.9 Å². The van der Waals surface area contributed by atoms with Gasteiger partial charge in [-0.1, -0.05) is 18.2 Å². The van der Waals surface area contributed by atoms with Crippen molar-refractivity contribution in [1.29, 1.82) is 0 Å². The minimum atomic E-state index is 0.503. The van der Waals surface area contributed by atoms with Crippen LogP contribution >= 0.6 is 0 Å². The summed E-state index contributed by atoms with van der Waals surface area (Å²) in [5.41, 5.74) is 2.92. The van der Waals surface area contributed by atoms with E-state index < -0.39 is 0 Å². The number of anilines is 1. The number of hydrogen-bond acceptors (Lipinski definition) is 3. The van der Waals surface area contributed by atoms with E-state index in [4.69, 9.17) is 4.74 Å². The highest BCUT2D eigenvalue weighted by Crippen LogP contribution is 2.34. The molecule has 1 aromatic rings. The lowest BCUT2D eigenvalue weighted by atomic mass is 10.1. The highest BCUT2D eigenvalue weighted by atomic mass is 16.5. The number of rotatable bonds is 3. The van der Waals surface area contributed by atoms with Gasteiger partial charge in [0.05, 0.1) is 13.2 Å². The number of ether oxygens (including phenoxy) is 1. The quantitative estimate of drug-likeness (QED) is 0.902. The number of para-hydroxylation sites is 1. The maximum absolute atomic E-state index is 5.56. The molecule has 3 nitrogen and oxygen atoms in total. The van der Waals surface area contributed by atoms with Gasteiger partial charge in [-0.2, -0.15) is 0 Å². The van der Waals surface area contributed by atoms with Gasteiger partial charge in [-0.05, 0) is 38.3 Å². The molecule has 0 radical (unpaired) electrons. The number of morpholine rings is 1. The van der Waals surface area contributed by atoms with Crippen molar-refractivity contribution in [3.63, 3.8) is 0 Å². The molecule has 0 amide bonds. The molecule has 3 unspecified atom stereocenters. The molecule has 2 heterocycles. The second-order valence-corrected chi connectivity index (χ2v) is 5.90. The van der Waals surface area contributed by atoms with Crippen LogP contribution in [0.5, 0.6) is 0 Å². The number of hydrogen-bond donors (Lipinski definition) is 1. The van der Waals surface area contributed by atoms with Crippen LogP contribution in [0.25, 0.3) is 0 Å². The van der Waals surface area contributed by atoms with E-state index in [9.17, 15) is 0 Å². The molecule has 3 rings (SSSR count). The van der Waals surface area contributed by atoms with Gasteiger partial charge < -0.3 is 15.0 Å². The summed E-state index contributed by atoms with van der Waals surface area (Å²) in [5.74, 6) is 0. The first-order chi connectivity index (χ1) is 9.25. The Morgan fingerprint density at radius 3 is 3.05 bits per heavy atom. The lowest BCUT2D eigenvalue weighted by molar-refractivity contribution is 0.0721. The molecule has 1 N–H and O–H groups in total. The Labute approximate surface area is 115 Å². The fraction of sp³-hybridized carbons (Fsp3) is 0.625. The van der Waals surface area contributed by atoms with Crippen molar-refractivity contribution in [3.8, 4) is 0 Å². The third-order valence-corrected chi connectivity index (χ3v) is 4.36. The summed E-state index contributed by atoms with van der Waals surface area (Å²) in [6.07, 6.45) is 2.33. The molecule has 3 heteroatoms. The van der Waals surface area contributed by atoms with Gasteiger partial charge in [0.15, 0.2) is 0 Å². The number of fused-ring (bicyclic) bond motifs is 1. The zero-order chi connectivity index (χ0) is 13.2. The number of nitrogens with one attached hydrogen (secondary N) is 1. The average Bonchev–Trinajstić information content (AvgIpc) is 2.75. The van der Waals surface area contributed by atoms with Crippen molar-refractivity contribution in [2.75, 3.05) is 24.7 Å². The smallest absolute Gasteiger partial charge is 0.0621 e. The summed E-state index contributed by atoms with van der Waals surface area (Å²) in [6.45, 7) is 7.38. The van der Waals surface area contributed by atoms with Gasteiger partial charge in [-0.3, -0.25) is 0 Å². The van der Waals surface area contributed by atoms with E-state index in [1.807, 2.05) is 0 Å². The van der Waals surface area contributed by atoms with Crippen LogP contribution in [0, 0.1) is 0 Å². The Kier molecular flexibility index (Phi) is 3.76. The zero-order valence-electron chi connectivity index (χ0n) is 11.9. The van der Waals surface area contributed by atoms with Crippen LogP contribution in [0.15, 0.2) is 24.3 Å². The predicted molar refractivity (Wildman–Crippen MR) is 78.8 cm³/mol. The first kappa shape index (κ1) is 12.9. The molecule has 1 aromatic carbocycles. The molecule has 0 aliphatic carbocycles. The Balaban J connectivity index is 1.70. The summed E-state index contributed by atoms with van der Waals surface area (Å²) in [7, 11) is 0. The number of nitrogens with zero attached hydrogens (tertiary/aromatic N) is 1. The minimum Gasteiger partial charge on any atom is -0.379 e. The van der Waals surface area contributed by atoms with E-state index in [0.717, 1.165) is 26.2 Å². The van der Waals surface area contributed by atoms with Crippen LogP contribution in [0.1, 0.15) is 25.8 Å². The van der Waals surface area contributed by atoms with Crippen molar-refractivity contribution in [1.82, 2.24) is 5.32 Å². The van der Waals surface area contributed by atoms with Crippen molar-refractivity contribution in [3.05, 3.63) is 29.8 Å². The van der Waals surface area contributed by atoms with Crippen molar-refractivity contribution in [2.24, 2.45) is 0 Å². The molecule has 19 heavy (non-hydrogen) atoms. The standard InChI is InChI=1S/C16H24N2O/c1-12-9-14-5-3-4-6-16(14)18(12)13(2)10-15-11-19-8-7-17-15/h3-6,12-13,15,17H,7-11H2,1-2H3. The Bertz CT molecular complexity index is 429. The van der Waals surface area contributed by atoms with Gasteiger partial charge in [0.1, 0.15) is 0 Å². The van der Waals surface area contributed by atoms with E-state index in [1.54, 1.807) is 0 Å². The van der Waals surface area contributed by atoms with Gasteiger partial charge in [0.2, 0.25) is 0 Å². The fourth-order valence-electron chi connectivity index (χ4n) is 3.56. The Morgan fingerprint density at radius 1 is 1.42 bits per heavy atom. The Morgan fingerprint density at radius 2 is 2.26 bits per heavy atom. The highest BCUT2D eigenvalue weighted by Gasteiger charge is 2.30. The average molecular weight is 260 g/mol. The van der Waals surface area contributed by atoms with E-state index in [1.165, 1.54) is 17.7 Å². The second kappa shape index (κ2) is 5.51. The summed E-state index contributed by atoms with van der Waals surface area (Å²) in [5, 5.41) is 3.56. The molecule has 104 valence electrons. The van der Waals surface area contributed by atoms with Gasteiger partial charge in [0, 0.05) is 30.4 Å². The van der Waals surface area contributed by atoms with Crippen molar-refractivity contribution < 1.29 is 4.74 Å². The van der Waals surface area contributed by atoms with E-state index in [0.29, 0.717) is 18.1 Å². The fourth-order valence-corrected chi connectivity index (χ4v) is 3.56. The van der Waals surface area contributed by atoms with Crippen molar-refractivity contribution in [2.45, 2.75) is 44.8 Å². The maximum Gasteiger partial charge on any atom is 0.0621 e. The molecular formula is C16H24N2O. The van der Waals surface area contributed by atoms with Crippen molar-refractivity contribution >= 4 is 5.69 Å². The molecule has 0 saturated carbocycles. The Hall–Kier alpha value is -1.06. The van der Waals surface area contributed by atoms with Crippen LogP contribution in [-0.2, 0) is 11.2 Å². The summed E-state index contributed by atoms with van der Waals surface area (Å²) in [4.78, 5) is 2.59. The SMILES string of the molecule is CC1Cc2ccccc2N1C(C)CC1COCCN1. The zero-order valence-corrected chi connectivity index (χ0v) is 11.9. The molecule has 0 spiro atoms. The lowest BCUT2D eigenvalue weighted by Gasteiger charge is -2.35.